The molecule has 0 saturated carbocycles. The Morgan fingerprint density at radius 3 is 2.28 bits per heavy atom. The van der Waals surface area contributed by atoms with E-state index in [4.69, 9.17) is 40.3 Å². The van der Waals surface area contributed by atoms with Gasteiger partial charge in [0.15, 0.2) is 0 Å². The van der Waals surface area contributed by atoms with Gasteiger partial charge in [-0.3, -0.25) is 14.4 Å². The van der Waals surface area contributed by atoms with Crippen molar-refractivity contribution in [1.82, 2.24) is 5.32 Å². The van der Waals surface area contributed by atoms with Gasteiger partial charge in [-0.25, -0.2) is 0 Å². The standard InChI is InChI=1S/C8H3Cl3N4O3/c9-3-4(10)8(18)6(5(11)7(3)17)14-2(16)1-13-15-12/h1H2,(H,14,16). The quantitative estimate of drug-likeness (QED) is 0.370. The Balaban J connectivity index is 3.02. The second-order valence-corrected chi connectivity index (χ2v) is 4.05. The van der Waals surface area contributed by atoms with E-state index in [1.165, 1.54) is 0 Å². The zero-order chi connectivity index (χ0) is 13.9. The Hall–Kier alpha value is -1.53. The molecule has 0 heterocycles. The summed E-state index contributed by atoms with van der Waals surface area (Å²) in [6, 6.07) is 0. The predicted octanol–water partition coefficient (Wildman–Crippen LogP) is 1.70. The molecular weight excluding hydrogens is 306 g/mol. The molecule has 1 aliphatic rings. The Morgan fingerprint density at radius 2 is 1.72 bits per heavy atom. The van der Waals surface area contributed by atoms with E-state index in [1.54, 1.807) is 0 Å². The molecule has 0 aromatic carbocycles. The Labute approximate surface area is 115 Å². The summed E-state index contributed by atoms with van der Waals surface area (Å²) in [6.45, 7) is -0.555. The van der Waals surface area contributed by atoms with Crippen LogP contribution in [0, 0.1) is 0 Å². The second-order valence-electron chi connectivity index (χ2n) is 2.91. The molecular formula is C8H3Cl3N4O3. The number of nitrogens with one attached hydrogen (secondary N) is 1. The van der Waals surface area contributed by atoms with Gasteiger partial charge in [0.2, 0.25) is 17.5 Å². The van der Waals surface area contributed by atoms with Crippen LogP contribution in [0.15, 0.2) is 25.9 Å². The van der Waals surface area contributed by atoms with Gasteiger partial charge < -0.3 is 5.32 Å². The fraction of sp³-hybridized carbons (Fsp3) is 0.125. The second kappa shape index (κ2) is 5.88. The van der Waals surface area contributed by atoms with E-state index in [9.17, 15) is 14.4 Å². The van der Waals surface area contributed by atoms with Gasteiger partial charge in [0.05, 0.1) is 0 Å². The van der Waals surface area contributed by atoms with Crippen molar-refractivity contribution < 1.29 is 14.4 Å². The molecule has 0 spiro atoms. The van der Waals surface area contributed by atoms with Gasteiger partial charge in [-0.15, -0.1) is 0 Å². The first-order valence-corrected chi connectivity index (χ1v) is 5.38. The van der Waals surface area contributed by atoms with Crippen molar-refractivity contribution in [1.29, 1.82) is 0 Å². The zero-order valence-corrected chi connectivity index (χ0v) is 10.7. The molecule has 1 N–H and O–H groups in total. The normalized spacial score (nSPS) is 15.7. The van der Waals surface area contributed by atoms with Gasteiger partial charge >= 0.3 is 0 Å². The van der Waals surface area contributed by atoms with Crippen LogP contribution in [0.5, 0.6) is 0 Å². The molecule has 0 fully saturated rings. The fourth-order valence-electron chi connectivity index (χ4n) is 1.01. The third-order valence-corrected chi connectivity index (χ3v) is 2.96. The SMILES string of the molecule is [N-]=[N+]=NCC(=O)NC1=C(Cl)C(=O)C(Cl)=C(Cl)C1=O. The van der Waals surface area contributed by atoms with Crippen molar-refractivity contribution in [3.63, 3.8) is 0 Å². The lowest BCUT2D eigenvalue weighted by Gasteiger charge is -2.14. The largest absolute Gasteiger partial charge is 0.321 e. The minimum Gasteiger partial charge on any atom is -0.321 e. The van der Waals surface area contributed by atoms with E-state index < -0.39 is 44.8 Å². The van der Waals surface area contributed by atoms with Crippen molar-refractivity contribution >= 4 is 52.3 Å². The average Bonchev–Trinajstić information content (AvgIpc) is 2.36. The molecule has 0 aromatic heterocycles. The van der Waals surface area contributed by atoms with Crippen molar-refractivity contribution in [2.75, 3.05) is 6.54 Å². The van der Waals surface area contributed by atoms with Gasteiger partial charge in [-0.2, -0.15) is 0 Å². The number of azide groups is 1. The molecule has 0 atom stereocenters. The molecule has 0 aliphatic heterocycles. The number of halogens is 3. The first-order valence-electron chi connectivity index (χ1n) is 4.25. The molecule has 0 unspecified atom stereocenters. The molecule has 10 heteroatoms. The predicted molar refractivity (Wildman–Crippen MR) is 63.8 cm³/mol. The Bertz CT molecular complexity index is 560. The summed E-state index contributed by atoms with van der Waals surface area (Å²) in [5.74, 6) is -2.58. The van der Waals surface area contributed by atoms with Crippen LogP contribution in [0.3, 0.4) is 0 Å². The van der Waals surface area contributed by atoms with Gasteiger partial charge in [0.1, 0.15) is 27.3 Å². The summed E-state index contributed by atoms with van der Waals surface area (Å²) in [4.78, 5) is 36.6. The van der Waals surface area contributed by atoms with Crippen LogP contribution in [-0.4, -0.2) is 24.0 Å². The molecule has 0 aromatic rings. The number of hydrogen-bond acceptors (Lipinski definition) is 4. The summed E-state index contributed by atoms with van der Waals surface area (Å²) in [6.07, 6.45) is 0. The first kappa shape index (κ1) is 14.5. The van der Waals surface area contributed by atoms with Crippen LogP contribution in [0.2, 0.25) is 0 Å². The number of rotatable bonds is 3. The number of hydrogen-bond donors (Lipinski definition) is 1. The maximum Gasteiger partial charge on any atom is 0.230 e. The highest BCUT2D eigenvalue weighted by atomic mass is 35.5. The van der Waals surface area contributed by atoms with E-state index in [0.717, 1.165) is 0 Å². The number of amides is 1. The molecule has 0 saturated heterocycles. The Kier molecular flexibility index (Phi) is 4.75. The monoisotopic (exact) mass is 308 g/mol. The summed E-state index contributed by atoms with van der Waals surface area (Å²) < 4.78 is 0. The summed E-state index contributed by atoms with van der Waals surface area (Å²) in [7, 11) is 0. The summed E-state index contributed by atoms with van der Waals surface area (Å²) >= 11 is 16.6. The lowest BCUT2D eigenvalue weighted by molar-refractivity contribution is -0.121. The number of nitrogens with zero attached hydrogens (tertiary/aromatic N) is 3. The van der Waals surface area contributed by atoms with Crippen LogP contribution in [0.4, 0.5) is 0 Å². The van der Waals surface area contributed by atoms with E-state index >= 15 is 0 Å². The molecule has 7 nitrogen and oxygen atoms in total. The lowest BCUT2D eigenvalue weighted by Crippen LogP contribution is -2.33. The number of ketones is 2. The third kappa shape index (κ3) is 2.83. The van der Waals surface area contributed by atoms with Crippen LogP contribution < -0.4 is 5.32 Å². The molecule has 18 heavy (non-hydrogen) atoms. The van der Waals surface area contributed by atoms with E-state index in [0.29, 0.717) is 0 Å². The average molecular weight is 309 g/mol. The molecule has 1 rings (SSSR count). The van der Waals surface area contributed by atoms with E-state index in [1.807, 2.05) is 5.32 Å². The molecule has 0 radical (unpaired) electrons. The highest BCUT2D eigenvalue weighted by Crippen LogP contribution is 2.30. The minimum atomic E-state index is -0.888. The molecule has 1 aliphatic carbocycles. The van der Waals surface area contributed by atoms with Crippen molar-refractivity contribution in [2.45, 2.75) is 0 Å². The fourth-order valence-corrected chi connectivity index (χ4v) is 1.64. The van der Waals surface area contributed by atoms with Gasteiger partial charge in [-0.1, -0.05) is 39.9 Å². The van der Waals surface area contributed by atoms with E-state index in [-0.39, 0.29) is 0 Å². The van der Waals surface area contributed by atoms with Crippen molar-refractivity contribution in [3.8, 4) is 0 Å². The maximum absolute atomic E-state index is 11.6. The summed E-state index contributed by atoms with van der Waals surface area (Å²) in [5.41, 5.74) is 7.53. The topological polar surface area (TPSA) is 112 Å². The molecule has 0 bridgehead atoms. The third-order valence-electron chi connectivity index (χ3n) is 1.78. The lowest BCUT2D eigenvalue weighted by atomic mass is 10.1. The highest BCUT2D eigenvalue weighted by molar-refractivity contribution is 6.64. The van der Waals surface area contributed by atoms with Gasteiger partial charge in [0.25, 0.3) is 0 Å². The number of Topliss-reactive ketones (excluding diaryl/α,β-unsaturated/α-hetero) is 2. The van der Waals surface area contributed by atoms with Crippen molar-refractivity contribution in [2.24, 2.45) is 5.11 Å². The smallest absolute Gasteiger partial charge is 0.230 e. The summed E-state index contributed by atoms with van der Waals surface area (Å²) in [5, 5.41) is 3.40. The minimum absolute atomic E-state index is 0.491. The number of carbonyl (C=O) groups is 3. The molecule has 94 valence electrons. The maximum atomic E-state index is 11.6. The van der Waals surface area contributed by atoms with Crippen LogP contribution >= 0.6 is 34.8 Å². The van der Waals surface area contributed by atoms with Crippen LogP contribution in [0.1, 0.15) is 0 Å². The van der Waals surface area contributed by atoms with Crippen molar-refractivity contribution in [3.05, 3.63) is 31.2 Å². The Morgan fingerprint density at radius 1 is 1.17 bits per heavy atom. The van der Waals surface area contributed by atoms with Gasteiger partial charge in [0, 0.05) is 4.91 Å². The zero-order valence-electron chi connectivity index (χ0n) is 8.41. The van der Waals surface area contributed by atoms with E-state index in [2.05, 4.69) is 10.0 Å². The van der Waals surface area contributed by atoms with Crippen LogP contribution in [0.25, 0.3) is 10.4 Å². The van der Waals surface area contributed by atoms with Crippen LogP contribution in [-0.2, 0) is 14.4 Å². The first-order chi connectivity index (χ1) is 8.40. The number of allylic oxidation sites excluding steroid dienone is 3. The highest BCUT2D eigenvalue weighted by Gasteiger charge is 2.33. The number of carbonyl (C=O) groups excluding carboxylic acids is 3. The molecule has 1 amide bonds. The van der Waals surface area contributed by atoms with Gasteiger partial charge in [-0.05, 0) is 5.53 Å².